The minimum absolute atomic E-state index is 0.0386. The van der Waals surface area contributed by atoms with Gasteiger partial charge in [0.2, 0.25) is 0 Å². The number of aryl methyl sites for hydroxylation is 1. The van der Waals surface area contributed by atoms with Gasteiger partial charge in [0.25, 0.3) is 0 Å². The molecule has 0 radical (unpaired) electrons. The van der Waals surface area contributed by atoms with Crippen LogP contribution < -0.4 is 5.73 Å². The van der Waals surface area contributed by atoms with Crippen molar-refractivity contribution in [1.82, 2.24) is 0 Å². The van der Waals surface area contributed by atoms with Gasteiger partial charge in [0.1, 0.15) is 0 Å². The van der Waals surface area contributed by atoms with Gasteiger partial charge in [0.15, 0.2) is 11.6 Å². The Morgan fingerprint density at radius 1 is 1.21 bits per heavy atom. The molecule has 2 rings (SSSR count). The zero-order valence-corrected chi connectivity index (χ0v) is 12.4. The molecule has 0 aliphatic heterocycles. The highest BCUT2D eigenvalue weighted by Gasteiger charge is 2.18. The molecular formula is C14H11BrClF2N. The van der Waals surface area contributed by atoms with Gasteiger partial charge in [0, 0.05) is 5.02 Å². The number of hydrogen-bond donors (Lipinski definition) is 1. The number of nitrogens with two attached hydrogens (primary N) is 1. The third-order valence-corrected chi connectivity index (χ3v) is 4.17. The van der Waals surface area contributed by atoms with Crippen molar-refractivity contribution in [3.05, 3.63) is 68.2 Å². The van der Waals surface area contributed by atoms with Crippen LogP contribution in [0.15, 0.2) is 34.8 Å². The minimum atomic E-state index is -0.939. The van der Waals surface area contributed by atoms with Crippen molar-refractivity contribution in [3.63, 3.8) is 0 Å². The van der Waals surface area contributed by atoms with Crippen LogP contribution in [-0.2, 0) is 0 Å². The Morgan fingerprint density at radius 2 is 1.89 bits per heavy atom. The Hall–Kier alpha value is -0.970. The lowest BCUT2D eigenvalue weighted by atomic mass is 9.98. The molecule has 1 atom stereocenters. The molecule has 1 nitrogen and oxygen atoms in total. The predicted octanol–water partition coefficient (Wildman–Crippen LogP) is 4.74. The van der Waals surface area contributed by atoms with Crippen LogP contribution in [0.5, 0.6) is 0 Å². The second-order valence-electron chi connectivity index (χ2n) is 4.25. The maximum Gasteiger partial charge on any atom is 0.173 e. The lowest BCUT2D eigenvalue weighted by molar-refractivity contribution is 0.501. The topological polar surface area (TPSA) is 26.0 Å². The average Bonchev–Trinajstić information content (AvgIpc) is 2.39. The summed E-state index contributed by atoms with van der Waals surface area (Å²) in [6.07, 6.45) is 0. The summed E-state index contributed by atoms with van der Waals surface area (Å²) in [5.74, 6) is -1.85. The van der Waals surface area contributed by atoms with Crippen LogP contribution in [-0.4, -0.2) is 0 Å². The molecule has 0 amide bonds. The van der Waals surface area contributed by atoms with E-state index in [-0.39, 0.29) is 4.47 Å². The SMILES string of the molecule is Cc1ccc(C(N)c2ccc(F)c(F)c2Br)cc1Cl. The molecule has 0 spiro atoms. The predicted molar refractivity (Wildman–Crippen MR) is 76.3 cm³/mol. The fraction of sp³-hybridized carbons (Fsp3) is 0.143. The summed E-state index contributed by atoms with van der Waals surface area (Å²) in [4.78, 5) is 0. The summed E-state index contributed by atoms with van der Waals surface area (Å²) >= 11 is 9.07. The van der Waals surface area contributed by atoms with Crippen molar-refractivity contribution >= 4 is 27.5 Å². The van der Waals surface area contributed by atoms with Crippen molar-refractivity contribution in [3.8, 4) is 0 Å². The third-order valence-electron chi connectivity index (χ3n) is 2.96. The van der Waals surface area contributed by atoms with Gasteiger partial charge in [-0.3, -0.25) is 0 Å². The average molecular weight is 347 g/mol. The van der Waals surface area contributed by atoms with Crippen LogP contribution in [0.25, 0.3) is 0 Å². The van der Waals surface area contributed by atoms with Gasteiger partial charge < -0.3 is 5.73 Å². The van der Waals surface area contributed by atoms with E-state index in [0.717, 1.165) is 17.2 Å². The molecule has 0 heterocycles. The van der Waals surface area contributed by atoms with Crippen molar-refractivity contribution in [2.45, 2.75) is 13.0 Å². The van der Waals surface area contributed by atoms with Gasteiger partial charge in [-0.1, -0.05) is 29.8 Å². The van der Waals surface area contributed by atoms with Crippen molar-refractivity contribution in [2.24, 2.45) is 5.73 Å². The van der Waals surface area contributed by atoms with Crippen molar-refractivity contribution in [2.75, 3.05) is 0 Å². The Kier molecular flexibility index (Phi) is 4.23. The van der Waals surface area contributed by atoms with Gasteiger partial charge >= 0.3 is 0 Å². The summed E-state index contributed by atoms with van der Waals surface area (Å²) in [6.45, 7) is 1.88. The smallest absolute Gasteiger partial charge is 0.173 e. The van der Waals surface area contributed by atoms with E-state index in [1.54, 1.807) is 6.07 Å². The Labute approximate surface area is 123 Å². The fourth-order valence-corrected chi connectivity index (χ4v) is 2.52. The van der Waals surface area contributed by atoms with E-state index in [1.807, 2.05) is 19.1 Å². The Morgan fingerprint density at radius 3 is 2.53 bits per heavy atom. The normalized spacial score (nSPS) is 12.5. The zero-order chi connectivity index (χ0) is 14.2. The number of rotatable bonds is 2. The summed E-state index contributed by atoms with van der Waals surface area (Å²) < 4.78 is 26.6. The van der Waals surface area contributed by atoms with Crippen LogP contribution in [0.4, 0.5) is 8.78 Å². The van der Waals surface area contributed by atoms with Gasteiger partial charge in [0.05, 0.1) is 10.5 Å². The first-order valence-electron chi connectivity index (χ1n) is 5.57. The highest BCUT2D eigenvalue weighted by atomic mass is 79.9. The van der Waals surface area contributed by atoms with Crippen LogP contribution in [0, 0.1) is 18.6 Å². The summed E-state index contributed by atoms with van der Waals surface area (Å²) in [6, 6.07) is 7.33. The summed E-state index contributed by atoms with van der Waals surface area (Å²) in [5, 5.41) is 0.589. The molecule has 100 valence electrons. The van der Waals surface area contributed by atoms with Gasteiger partial charge in [-0.2, -0.15) is 0 Å². The monoisotopic (exact) mass is 345 g/mol. The maximum absolute atomic E-state index is 13.5. The molecule has 0 aliphatic rings. The molecule has 2 aromatic carbocycles. The van der Waals surface area contributed by atoms with Gasteiger partial charge in [-0.05, 0) is 51.7 Å². The van der Waals surface area contributed by atoms with E-state index in [0.29, 0.717) is 10.6 Å². The first-order valence-corrected chi connectivity index (χ1v) is 6.74. The Bertz CT molecular complexity index is 631. The van der Waals surface area contributed by atoms with Gasteiger partial charge in [-0.25, -0.2) is 8.78 Å². The highest BCUT2D eigenvalue weighted by molar-refractivity contribution is 9.10. The second kappa shape index (κ2) is 5.57. The molecule has 0 fully saturated rings. The Balaban J connectivity index is 2.47. The van der Waals surface area contributed by atoms with Crippen LogP contribution in [0.3, 0.4) is 0 Å². The van der Waals surface area contributed by atoms with E-state index in [9.17, 15) is 8.78 Å². The first kappa shape index (κ1) is 14.4. The highest BCUT2D eigenvalue weighted by Crippen LogP contribution is 2.31. The van der Waals surface area contributed by atoms with Crippen LogP contribution in [0.2, 0.25) is 5.02 Å². The van der Waals surface area contributed by atoms with Crippen LogP contribution in [0.1, 0.15) is 22.7 Å². The minimum Gasteiger partial charge on any atom is -0.320 e. The lowest BCUT2D eigenvalue weighted by Gasteiger charge is -2.16. The van der Waals surface area contributed by atoms with Crippen molar-refractivity contribution in [1.29, 1.82) is 0 Å². The standard InChI is InChI=1S/C14H11BrClF2N/c1-7-2-3-8(6-10(7)16)14(19)9-4-5-11(17)13(18)12(9)15/h2-6,14H,19H2,1H3. The molecule has 2 N–H and O–H groups in total. The molecule has 5 heteroatoms. The molecule has 0 saturated carbocycles. The van der Waals surface area contributed by atoms with E-state index in [4.69, 9.17) is 17.3 Å². The van der Waals surface area contributed by atoms with Gasteiger partial charge in [-0.15, -0.1) is 0 Å². The molecule has 2 aromatic rings. The molecule has 0 bridgehead atoms. The van der Waals surface area contributed by atoms with E-state index in [2.05, 4.69) is 15.9 Å². The maximum atomic E-state index is 13.5. The molecule has 0 aromatic heterocycles. The number of halogens is 4. The first-order chi connectivity index (χ1) is 8.91. The lowest BCUT2D eigenvalue weighted by Crippen LogP contribution is -2.13. The van der Waals surface area contributed by atoms with Crippen molar-refractivity contribution < 1.29 is 8.78 Å². The summed E-state index contributed by atoms with van der Waals surface area (Å²) in [7, 11) is 0. The second-order valence-corrected chi connectivity index (χ2v) is 5.45. The van der Waals surface area contributed by atoms with E-state index in [1.165, 1.54) is 6.07 Å². The number of hydrogen-bond acceptors (Lipinski definition) is 1. The molecule has 19 heavy (non-hydrogen) atoms. The molecule has 0 saturated heterocycles. The largest absolute Gasteiger partial charge is 0.320 e. The quantitative estimate of drug-likeness (QED) is 0.781. The summed E-state index contributed by atoms with van der Waals surface area (Å²) in [5.41, 5.74) is 8.22. The van der Waals surface area contributed by atoms with Crippen LogP contribution >= 0.6 is 27.5 Å². The molecular weight excluding hydrogens is 336 g/mol. The fourth-order valence-electron chi connectivity index (χ4n) is 1.76. The third kappa shape index (κ3) is 2.81. The zero-order valence-electron chi connectivity index (χ0n) is 10.1. The molecule has 0 aliphatic carbocycles. The van der Waals surface area contributed by atoms with E-state index < -0.39 is 17.7 Å². The van der Waals surface area contributed by atoms with E-state index >= 15 is 0 Å². The number of benzene rings is 2. The molecule has 1 unspecified atom stereocenters.